The minimum atomic E-state index is -1.09. The molecule has 1 aliphatic heterocycles. The average molecular weight is 346 g/mol. The number of carbonyl (C=O) groups is 5. The quantitative estimate of drug-likeness (QED) is 0.646. The topological polar surface area (TPSA) is 124 Å². The van der Waals surface area contributed by atoms with Crippen LogP contribution in [0.4, 0.5) is 0 Å². The lowest BCUT2D eigenvalue weighted by Crippen LogP contribution is -2.34. The van der Waals surface area contributed by atoms with Crippen molar-refractivity contribution in [1.82, 2.24) is 0 Å². The van der Waals surface area contributed by atoms with Crippen LogP contribution in [0.3, 0.4) is 0 Å². The van der Waals surface area contributed by atoms with Crippen molar-refractivity contribution in [3.05, 3.63) is 34.9 Å². The number of cyclic esters (lactones) is 2. The van der Waals surface area contributed by atoms with Gasteiger partial charge in [0.2, 0.25) is 0 Å². The maximum Gasteiger partial charge on any atom is 0.346 e. The van der Waals surface area contributed by atoms with Crippen LogP contribution in [0.25, 0.3) is 0 Å². The largest absolute Gasteiger partial charge is 0.481 e. The fourth-order valence-corrected chi connectivity index (χ4v) is 3.15. The number of hydrogen-bond acceptors (Lipinski definition) is 7. The zero-order chi connectivity index (χ0) is 18.1. The van der Waals surface area contributed by atoms with E-state index < -0.39 is 41.7 Å². The van der Waals surface area contributed by atoms with Crippen molar-refractivity contribution >= 4 is 29.8 Å². The van der Waals surface area contributed by atoms with Gasteiger partial charge in [-0.3, -0.25) is 9.59 Å². The molecule has 0 aromatic heterocycles. The Kier molecular flexibility index (Phi) is 4.35. The van der Waals surface area contributed by atoms with Gasteiger partial charge in [0.15, 0.2) is 0 Å². The van der Waals surface area contributed by atoms with Crippen molar-refractivity contribution in [2.75, 3.05) is 0 Å². The summed E-state index contributed by atoms with van der Waals surface area (Å²) in [6, 6.07) is 3.60. The highest BCUT2D eigenvalue weighted by atomic mass is 16.6. The van der Waals surface area contributed by atoms with Gasteiger partial charge >= 0.3 is 29.8 Å². The van der Waals surface area contributed by atoms with Gasteiger partial charge in [0.1, 0.15) is 0 Å². The van der Waals surface area contributed by atoms with E-state index in [0.717, 1.165) is 6.07 Å². The Bertz CT molecular complexity index is 794. The number of carbonyl (C=O) groups excluding carboxylic acids is 4. The average Bonchev–Trinajstić information content (AvgIpc) is 2.88. The molecule has 130 valence electrons. The molecule has 1 aromatic rings. The van der Waals surface area contributed by atoms with Crippen molar-refractivity contribution in [3.63, 3.8) is 0 Å². The normalized spacial score (nSPS) is 22.1. The minimum Gasteiger partial charge on any atom is -0.481 e. The molecule has 2 aliphatic rings. The number of rotatable bonds is 3. The highest BCUT2D eigenvalue weighted by Crippen LogP contribution is 2.31. The van der Waals surface area contributed by atoms with Gasteiger partial charge in [-0.05, 0) is 31.0 Å². The molecular formula is C17H14O8. The molecule has 1 aliphatic carbocycles. The molecule has 1 saturated carbocycles. The van der Waals surface area contributed by atoms with Crippen molar-refractivity contribution < 1.29 is 38.6 Å². The summed E-state index contributed by atoms with van der Waals surface area (Å²) in [5.41, 5.74) is -0.138. The van der Waals surface area contributed by atoms with Crippen molar-refractivity contribution in [1.29, 1.82) is 0 Å². The Morgan fingerprint density at radius 3 is 2.32 bits per heavy atom. The van der Waals surface area contributed by atoms with Crippen LogP contribution in [-0.2, 0) is 19.1 Å². The van der Waals surface area contributed by atoms with E-state index in [-0.39, 0.29) is 16.7 Å². The molecule has 25 heavy (non-hydrogen) atoms. The maximum absolute atomic E-state index is 12.2. The standard InChI is InChI=1S/C17H14O8/c18-13(19)9-3-1-2-4-10(9)15(21)24-14(20)8-5-6-11-12(7-8)17(23)25-16(11)22/h5-7,9-10H,1-4H2,(H,18,19). The molecule has 0 spiro atoms. The summed E-state index contributed by atoms with van der Waals surface area (Å²) in [4.78, 5) is 58.5. The Hall–Kier alpha value is -3.03. The first kappa shape index (κ1) is 16.8. The van der Waals surface area contributed by atoms with Crippen LogP contribution in [0.1, 0.15) is 56.8 Å². The monoisotopic (exact) mass is 346 g/mol. The van der Waals surface area contributed by atoms with Gasteiger partial charge in [-0.1, -0.05) is 12.8 Å². The van der Waals surface area contributed by atoms with Crippen molar-refractivity contribution in [2.24, 2.45) is 11.8 Å². The summed E-state index contributed by atoms with van der Waals surface area (Å²) >= 11 is 0. The van der Waals surface area contributed by atoms with Gasteiger partial charge in [0.25, 0.3) is 0 Å². The van der Waals surface area contributed by atoms with Gasteiger partial charge in [-0.15, -0.1) is 0 Å². The summed E-state index contributed by atoms with van der Waals surface area (Å²) in [6.07, 6.45) is 2.09. The van der Waals surface area contributed by atoms with Crippen LogP contribution in [-0.4, -0.2) is 35.0 Å². The van der Waals surface area contributed by atoms with Crippen LogP contribution >= 0.6 is 0 Å². The Morgan fingerprint density at radius 2 is 1.64 bits per heavy atom. The third-order valence-electron chi connectivity index (χ3n) is 4.46. The van der Waals surface area contributed by atoms with E-state index in [4.69, 9.17) is 4.74 Å². The molecule has 2 unspecified atom stereocenters. The third kappa shape index (κ3) is 3.15. The van der Waals surface area contributed by atoms with Crippen molar-refractivity contribution in [2.45, 2.75) is 25.7 Å². The van der Waals surface area contributed by atoms with Crippen LogP contribution < -0.4 is 0 Å². The van der Waals surface area contributed by atoms with Crippen LogP contribution in [0, 0.1) is 11.8 Å². The highest BCUT2D eigenvalue weighted by molar-refractivity contribution is 6.15. The second-order valence-corrected chi connectivity index (χ2v) is 5.98. The first-order valence-corrected chi connectivity index (χ1v) is 7.78. The molecule has 1 heterocycles. The lowest BCUT2D eigenvalue weighted by molar-refractivity contribution is -0.156. The number of benzene rings is 1. The molecule has 8 heteroatoms. The van der Waals surface area contributed by atoms with Gasteiger partial charge in [-0.25, -0.2) is 14.4 Å². The molecule has 0 radical (unpaired) electrons. The SMILES string of the molecule is O=C(OC(=O)C1CCCCC1C(=O)O)c1ccc2c(c1)C(=O)OC2=O. The molecule has 0 bridgehead atoms. The zero-order valence-corrected chi connectivity index (χ0v) is 13.0. The molecule has 3 rings (SSSR count). The second kappa shape index (κ2) is 6.46. The van der Waals surface area contributed by atoms with Gasteiger partial charge in [0, 0.05) is 0 Å². The van der Waals surface area contributed by atoms with E-state index in [1.807, 2.05) is 0 Å². The fraction of sp³-hybridized carbons (Fsp3) is 0.353. The summed E-state index contributed by atoms with van der Waals surface area (Å²) in [7, 11) is 0. The van der Waals surface area contributed by atoms with Crippen molar-refractivity contribution in [3.8, 4) is 0 Å². The second-order valence-electron chi connectivity index (χ2n) is 5.98. The predicted octanol–water partition coefficient (Wildman–Crippen LogP) is 1.57. The van der Waals surface area contributed by atoms with Crippen LogP contribution in [0.2, 0.25) is 0 Å². The molecule has 1 fully saturated rings. The van der Waals surface area contributed by atoms with Crippen LogP contribution in [0.5, 0.6) is 0 Å². The molecule has 0 saturated heterocycles. The number of ether oxygens (including phenoxy) is 2. The number of esters is 4. The van der Waals surface area contributed by atoms with E-state index in [2.05, 4.69) is 4.74 Å². The molecule has 1 N–H and O–H groups in total. The minimum absolute atomic E-state index is 0.0334. The summed E-state index contributed by atoms with van der Waals surface area (Å²) < 4.78 is 9.22. The number of carboxylic acid groups (broad SMARTS) is 1. The first-order valence-electron chi connectivity index (χ1n) is 7.78. The summed E-state index contributed by atoms with van der Waals surface area (Å²) in [5, 5.41) is 9.19. The summed E-state index contributed by atoms with van der Waals surface area (Å²) in [6.45, 7) is 0. The third-order valence-corrected chi connectivity index (χ3v) is 4.46. The molecular weight excluding hydrogens is 332 g/mol. The summed E-state index contributed by atoms with van der Waals surface area (Å²) in [5.74, 6) is -6.42. The van der Waals surface area contributed by atoms with E-state index in [9.17, 15) is 29.1 Å². The fourth-order valence-electron chi connectivity index (χ4n) is 3.15. The molecule has 1 aromatic carbocycles. The number of hydrogen-bond donors (Lipinski definition) is 1. The lowest BCUT2D eigenvalue weighted by atomic mass is 9.79. The number of carboxylic acids is 1. The number of aliphatic carboxylic acids is 1. The van der Waals surface area contributed by atoms with Gasteiger partial charge < -0.3 is 14.6 Å². The molecule has 2 atom stereocenters. The number of fused-ring (bicyclic) bond motifs is 1. The Morgan fingerprint density at radius 1 is 1.00 bits per heavy atom. The first-order chi connectivity index (χ1) is 11.9. The smallest absolute Gasteiger partial charge is 0.346 e. The van der Waals surface area contributed by atoms with E-state index in [1.54, 1.807) is 0 Å². The zero-order valence-electron chi connectivity index (χ0n) is 13.0. The lowest BCUT2D eigenvalue weighted by Gasteiger charge is -2.26. The van der Waals surface area contributed by atoms with E-state index in [0.29, 0.717) is 25.7 Å². The van der Waals surface area contributed by atoms with Crippen LogP contribution in [0.15, 0.2) is 18.2 Å². The molecule has 8 nitrogen and oxygen atoms in total. The van der Waals surface area contributed by atoms with Gasteiger partial charge in [-0.2, -0.15) is 0 Å². The highest BCUT2D eigenvalue weighted by Gasteiger charge is 2.38. The van der Waals surface area contributed by atoms with Gasteiger partial charge in [0.05, 0.1) is 28.5 Å². The molecule has 0 amide bonds. The Labute approximate surface area is 141 Å². The van der Waals surface area contributed by atoms with E-state index in [1.165, 1.54) is 12.1 Å². The van der Waals surface area contributed by atoms with E-state index >= 15 is 0 Å². The maximum atomic E-state index is 12.2. The predicted molar refractivity (Wildman–Crippen MR) is 79.7 cm³/mol. The Balaban J connectivity index is 1.75.